The van der Waals surface area contributed by atoms with Gasteiger partial charge in [-0.2, -0.15) is 0 Å². The zero-order chi connectivity index (χ0) is 9.68. The first kappa shape index (κ1) is 9.74. The Kier molecular flexibility index (Phi) is 3.46. The number of rotatable bonds is 2. The molecule has 68 valence electrons. The molecule has 0 aromatic heterocycles. The quantitative estimate of drug-likeness (QED) is 0.310. The number of carbonyl (C=O) groups is 1. The molecule has 0 atom stereocenters. The number of aliphatic imine (C=N–C) groups is 1. The van der Waals surface area contributed by atoms with Gasteiger partial charge in [-0.15, -0.1) is 0 Å². The number of nitrogens with zero attached hydrogens (tertiary/aromatic N) is 2. The topological polar surface area (TPSA) is 32.7 Å². The molecule has 0 radical (unpaired) electrons. The number of amides is 1. The van der Waals surface area contributed by atoms with Crippen LogP contribution in [0, 0.1) is 0 Å². The van der Waals surface area contributed by atoms with E-state index in [2.05, 4.69) is 4.99 Å². The van der Waals surface area contributed by atoms with Crippen molar-refractivity contribution in [3.8, 4) is 0 Å². The van der Waals surface area contributed by atoms with Crippen molar-refractivity contribution in [2.45, 2.75) is 0 Å². The fraction of sp³-hybridized carbons (Fsp3) is 0.111. The van der Waals surface area contributed by atoms with E-state index in [-0.39, 0.29) is 0 Å². The van der Waals surface area contributed by atoms with Gasteiger partial charge in [0.25, 0.3) is 0 Å². The molecule has 0 saturated carbocycles. The van der Waals surface area contributed by atoms with E-state index in [4.69, 9.17) is 11.6 Å². The maximum absolute atomic E-state index is 10.6. The monoisotopic (exact) mass is 196 g/mol. The van der Waals surface area contributed by atoms with E-state index >= 15 is 0 Å². The van der Waals surface area contributed by atoms with E-state index in [1.54, 1.807) is 7.05 Å². The van der Waals surface area contributed by atoms with Gasteiger partial charge >= 0.3 is 5.37 Å². The predicted octanol–water partition coefficient (Wildman–Crippen LogP) is 2.64. The summed E-state index contributed by atoms with van der Waals surface area (Å²) in [7, 11) is 1.54. The molecule has 4 heteroatoms. The van der Waals surface area contributed by atoms with Gasteiger partial charge in [-0.3, -0.25) is 9.69 Å². The van der Waals surface area contributed by atoms with Crippen LogP contribution < -0.4 is 0 Å². The van der Waals surface area contributed by atoms with Crippen LogP contribution in [-0.4, -0.2) is 23.7 Å². The first-order valence-corrected chi connectivity index (χ1v) is 4.09. The first-order chi connectivity index (χ1) is 6.20. The van der Waals surface area contributed by atoms with Gasteiger partial charge in [-0.25, -0.2) is 4.99 Å². The molecule has 0 aliphatic rings. The molecule has 0 heterocycles. The van der Waals surface area contributed by atoms with Crippen molar-refractivity contribution in [3.63, 3.8) is 0 Å². The summed E-state index contributed by atoms with van der Waals surface area (Å²) in [6.45, 7) is 0. The summed E-state index contributed by atoms with van der Waals surface area (Å²) in [4.78, 5) is 15.8. The Bertz CT molecular complexity index is 311. The third kappa shape index (κ3) is 3.25. The third-order valence-corrected chi connectivity index (χ3v) is 1.68. The largest absolute Gasteiger partial charge is 0.321 e. The Hall–Kier alpha value is -1.35. The number of hydrogen-bond acceptors (Lipinski definition) is 2. The number of hydrogen-bond donors (Lipinski definition) is 0. The second-order valence-electron chi connectivity index (χ2n) is 2.44. The Labute approximate surface area is 81.6 Å². The summed E-state index contributed by atoms with van der Waals surface area (Å²) in [5.41, 5.74) is 0.785. The zero-order valence-corrected chi connectivity index (χ0v) is 7.90. The minimum Gasteiger partial charge on any atom is -0.292 e. The first-order valence-electron chi connectivity index (χ1n) is 3.71. The molecule has 0 bridgehead atoms. The lowest BCUT2D eigenvalue weighted by molar-refractivity contribution is 0.248. The van der Waals surface area contributed by atoms with Crippen LogP contribution in [-0.2, 0) is 0 Å². The van der Waals surface area contributed by atoms with Crippen LogP contribution in [0.15, 0.2) is 35.3 Å². The smallest absolute Gasteiger partial charge is 0.292 e. The van der Waals surface area contributed by atoms with Crippen LogP contribution in [0.1, 0.15) is 0 Å². The number of carbonyl (C=O) groups excluding carboxylic acids is 1. The maximum Gasteiger partial charge on any atom is 0.321 e. The van der Waals surface area contributed by atoms with Crippen molar-refractivity contribution in [3.05, 3.63) is 30.3 Å². The summed E-state index contributed by atoms with van der Waals surface area (Å²) >= 11 is 5.19. The highest BCUT2D eigenvalue weighted by Gasteiger charge is 1.98. The minimum absolute atomic E-state index is 0.556. The zero-order valence-electron chi connectivity index (χ0n) is 7.14. The highest BCUT2D eigenvalue weighted by atomic mass is 35.5. The average molecular weight is 197 g/mol. The van der Waals surface area contributed by atoms with E-state index in [1.807, 2.05) is 30.3 Å². The van der Waals surface area contributed by atoms with E-state index in [0.717, 1.165) is 5.69 Å². The molecule has 3 nitrogen and oxygen atoms in total. The van der Waals surface area contributed by atoms with Crippen molar-refractivity contribution in [1.29, 1.82) is 0 Å². The average Bonchev–Trinajstić information content (AvgIpc) is 2.15. The van der Waals surface area contributed by atoms with Crippen molar-refractivity contribution in [2.75, 3.05) is 7.05 Å². The van der Waals surface area contributed by atoms with Gasteiger partial charge in [-0.1, -0.05) is 18.2 Å². The maximum atomic E-state index is 10.6. The van der Waals surface area contributed by atoms with Crippen molar-refractivity contribution < 1.29 is 4.79 Å². The van der Waals surface area contributed by atoms with Gasteiger partial charge in [0, 0.05) is 7.05 Å². The normalized spacial score (nSPS) is 10.3. The van der Waals surface area contributed by atoms with Gasteiger partial charge in [0.2, 0.25) is 0 Å². The summed E-state index contributed by atoms with van der Waals surface area (Å²) < 4.78 is 0. The van der Waals surface area contributed by atoms with Crippen molar-refractivity contribution in [1.82, 2.24) is 4.90 Å². The SMILES string of the molecule is CN(C=Nc1ccccc1)C(=O)Cl. The Balaban J connectivity index is 2.64. The Morgan fingerprint density at radius 3 is 2.62 bits per heavy atom. The number of para-hydroxylation sites is 1. The van der Waals surface area contributed by atoms with E-state index in [9.17, 15) is 4.79 Å². The van der Waals surface area contributed by atoms with E-state index in [0.29, 0.717) is 0 Å². The molecule has 13 heavy (non-hydrogen) atoms. The Morgan fingerprint density at radius 1 is 1.46 bits per heavy atom. The van der Waals surface area contributed by atoms with Crippen LogP contribution in [0.4, 0.5) is 10.5 Å². The van der Waals surface area contributed by atoms with Gasteiger partial charge in [-0.05, 0) is 23.7 Å². The van der Waals surface area contributed by atoms with Gasteiger partial charge < -0.3 is 0 Å². The second kappa shape index (κ2) is 4.62. The molecule has 0 fully saturated rings. The molecule has 0 saturated heterocycles. The summed E-state index contributed by atoms with van der Waals surface area (Å²) in [5.74, 6) is 0. The van der Waals surface area contributed by atoms with Crippen LogP contribution >= 0.6 is 11.6 Å². The molecule has 0 aliphatic heterocycles. The van der Waals surface area contributed by atoms with Crippen LogP contribution in [0.3, 0.4) is 0 Å². The summed E-state index contributed by atoms with van der Waals surface area (Å²) in [5, 5.41) is -0.556. The fourth-order valence-corrected chi connectivity index (χ4v) is 0.756. The molecule has 0 aliphatic carbocycles. The molecule has 0 spiro atoms. The number of halogens is 1. The molecule has 1 amide bonds. The predicted molar refractivity (Wildman–Crippen MR) is 53.6 cm³/mol. The minimum atomic E-state index is -0.556. The Morgan fingerprint density at radius 2 is 2.08 bits per heavy atom. The highest BCUT2D eigenvalue weighted by Crippen LogP contribution is 2.08. The molecule has 1 aromatic rings. The van der Waals surface area contributed by atoms with Crippen LogP contribution in [0.2, 0.25) is 0 Å². The highest BCUT2D eigenvalue weighted by molar-refractivity contribution is 6.63. The van der Waals surface area contributed by atoms with Gasteiger partial charge in [0.1, 0.15) is 0 Å². The standard InChI is InChI=1S/C9H9ClN2O/c1-12(9(10)13)7-11-8-5-3-2-4-6-8/h2-7H,1H3. The molecular formula is C9H9ClN2O. The summed E-state index contributed by atoms with van der Waals surface area (Å²) in [6.07, 6.45) is 1.38. The lowest BCUT2D eigenvalue weighted by Gasteiger charge is -2.03. The van der Waals surface area contributed by atoms with E-state index in [1.165, 1.54) is 11.2 Å². The molecule has 1 aromatic carbocycles. The van der Waals surface area contributed by atoms with E-state index < -0.39 is 5.37 Å². The van der Waals surface area contributed by atoms with Crippen molar-refractivity contribution in [2.24, 2.45) is 4.99 Å². The van der Waals surface area contributed by atoms with Gasteiger partial charge in [0.05, 0.1) is 12.0 Å². The second-order valence-corrected chi connectivity index (χ2v) is 2.77. The summed E-state index contributed by atoms with van der Waals surface area (Å²) in [6, 6.07) is 9.31. The third-order valence-electron chi connectivity index (χ3n) is 1.41. The van der Waals surface area contributed by atoms with Crippen LogP contribution in [0.25, 0.3) is 0 Å². The molecular weight excluding hydrogens is 188 g/mol. The van der Waals surface area contributed by atoms with Crippen molar-refractivity contribution >= 4 is 29.0 Å². The fourth-order valence-electron chi connectivity index (χ4n) is 0.713. The molecule has 1 rings (SSSR count). The van der Waals surface area contributed by atoms with Gasteiger partial charge in [0.15, 0.2) is 0 Å². The lowest BCUT2D eigenvalue weighted by atomic mass is 10.3. The molecule has 0 unspecified atom stereocenters. The number of benzene rings is 1. The van der Waals surface area contributed by atoms with Crippen LogP contribution in [0.5, 0.6) is 0 Å². The lowest BCUT2D eigenvalue weighted by Crippen LogP contribution is -2.17. The molecule has 0 N–H and O–H groups in total.